The van der Waals surface area contributed by atoms with Gasteiger partial charge in [0.15, 0.2) is 28.9 Å². The molecule has 0 aliphatic carbocycles. The van der Waals surface area contributed by atoms with Crippen LogP contribution in [0.1, 0.15) is 27.7 Å². The van der Waals surface area contributed by atoms with Crippen molar-refractivity contribution in [2.24, 2.45) is 7.05 Å². The zero-order valence-electron chi connectivity index (χ0n) is 17.6. The van der Waals surface area contributed by atoms with Crippen molar-refractivity contribution in [3.63, 3.8) is 0 Å². The van der Waals surface area contributed by atoms with E-state index in [1.807, 2.05) is 7.05 Å². The van der Waals surface area contributed by atoms with Crippen molar-refractivity contribution in [2.45, 2.75) is 62.7 Å². The average molecular weight is 477 g/mol. The Kier molecular flexibility index (Phi) is 9.19. The molecule has 1 fully saturated rings. The second-order valence-corrected chi connectivity index (χ2v) is 8.83. The standard InChI is InChI=1S/C18H24N2O9S2/c1-9(21)25-8-13-14(26-10(2)22)15(27-11(3)23)16(28-12(4)24)17(29-13)30-31-18-19-6-7-20(18)5/h6-7,13-17H,8H2,1-5H3/t13-,14-,15+,16-,17+/m1/s1. The van der Waals surface area contributed by atoms with Crippen molar-refractivity contribution < 1.29 is 42.9 Å². The molecule has 13 heteroatoms. The van der Waals surface area contributed by atoms with Crippen molar-refractivity contribution in [2.75, 3.05) is 6.61 Å². The van der Waals surface area contributed by atoms with Gasteiger partial charge in [-0.2, -0.15) is 0 Å². The first-order valence-corrected chi connectivity index (χ1v) is 11.4. The number of ether oxygens (including phenoxy) is 5. The van der Waals surface area contributed by atoms with Crippen LogP contribution in [0, 0.1) is 0 Å². The molecule has 1 aliphatic rings. The minimum Gasteiger partial charge on any atom is -0.463 e. The average Bonchev–Trinajstić information content (AvgIpc) is 3.06. The first kappa shape index (κ1) is 25.0. The molecule has 1 aliphatic heterocycles. The van der Waals surface area contributed by atoms with Gasteiger partial charge in [0.25, 0.3) is 0 Å². The molecule has 5 atom stereocenters. The maximum atomic E-state index is 11.8. The van der Waals surface area contributed by atoms with E-state index in [4.69, 9.17) is 23.7 Å². The van der Waals surface area contributed by atoms with Gasteiger partial charge in [0, 0.05) is 47.1 Å². The van der Waals surface area contributed by atoms with Gasteiger partial charge in [0.05, 0.1) is 0 Å². The van der Waals surface area contributed by atoms with Gasteiger partial charge in [-0.1, -0.05) is 0 Å². The predicted octanol–water partition coefficient (Wildman–Crippen LogP) is 1.24. The van der Waals surface area contributed by atoms with Crippen LogP contribution in [-0.2, 0) is 49.9 Å². The topological polar surface area (TPSA) is 132 Å². The molecule has 1 aromatic rings. The van der Waals surface area contributed by atoms with Gasteiger partial charge in [0.2, 0.25) is 0 Å². The van der Waals surface area contributed by atoms with Crippen molar-refractivity contribution in [1.29, 1.82) is 0 Å². The molecule has 2 rings (SSSR count). The van der Waals surface area contributed by atoms with Gasteiger partial charge in [-0.25, -0.2) is 4.98 Å². The largest absolute Gasteiger partial charge is 0.463 e. The monoisotopic (exact) mass is 476 g/mol. The highest BCUT2D eigenvalue weighted by molar-refractivity contribution is 8.76. The summed E-state index contributed by atoms with van der Waals surface area (Å²) in [6.45, 7) is 4.51. The van der Waals surface area contributed by atoms with Gasteiger partial charge in [0.1, 0.15) is 12.7 Å². The van der Waals surface area contributed by atoms with Gasteiger partial charge in [-0.3, -0.25) is 19.2 Å². The van der Waals surface area contributed by atoms with Crippen LogP contribution < -0.4 is 0 Å². The second-order valence-electron chi connectivity index (χ2n) is 6.57. The van der Waals surface area contributed by atoms with Crippen molar-refractivity contribution in [3.8, 4) is 0 Å². The Hall–Kier alpha value is -2.25. The number of esters is 4. The third kappa shape index (κ3) is 7.43. The Morgan fingerprint density at radius 1 is 0.968 bits per heavy atom. The number of imidazole rings is 1. The van der Waals surface area contributed by atoms with Crippen LogP contribution in [-0.4, -0.2) is 69.9 Å². The molecule has 11 nitrogen and oxygen atoms in total. The van der Waals surface area contributed by atoms with E-state index < -0.39 is 53.7 Å². The van der Waals surface area contributed by atoms with Crippen molar-refractivity contribution in [1.82, 2.24) is 9.55 Å². The lowest BCUT2D eigenvalue weighted by Crippen LogP contribution is -2.61. The molecule has 0 bridgehead atoms. The zero-order chi connectivity index (χ0) is 23.1. The lowest BCUT2D eigenvalue weighted by atomic mass is 9.99. The fourth-order valence-corrected chi connectivity index (χ4v) is 5.25. The molecular weight excluding hydrogens is 452 g/mol. The third-order valence-electron chi connectivity index (χ3n) is 3.94. The van der Waals surface area contributed by atoms with Crippen LogP contribution in [0.15, 0.2) is 17.6 Å². The van der Waals surface area contributed by atoms with Gasteiger partial charge < -0.3 is 28.3 Å². The summed E-state index contributed by atoms with van der Waals surface area (Å²) in [6.07, 6.45) is -1.04. The molecule has 172 valence electrons. The highest BCUT2D eigenvalue weighted by Gasteiger charge is 2.52. The quantitative estimate of drug-likeness (QED) is 0.304. The van der Waals surface area contributed by atoms with Gasteiger partial charge in [-0.15, -0.1) is 0 Å². The summed E-state index contributed by atoms with van der Waals surface area (Å²) >= 11 is 0. The lowest BCUT2D eigenvalue weighted by Gasteiger charge is -2.43. The smallest absolute Gasteiger partial charge is 0.303 e. The Morgan fingerprint density at radius 2 is 1.55 bits per heavy atom. The lowest BCUT2D eigenvalue weighted by molar-refractivity contribution is -0.237. The van der Waals surface area contributed by atoms with E-state index in [1.165, 1.54) is 49.3 Å². The molecule has 1 aromatic heterocycles. The molecule has 0 aromatic carbocycles. The van der Waals surface area contributed by atoms with Crippen LogP contribution in [0.5, 0.6) is 0 Å². The Labute approximate surface area is 186 Å². The fraction of sp³-hybridized carbons (Fsp3) is 0.611. The number of hydrogen-bond donors (Lipinski definition) is 0. The zero-order valence-corrected chi connectivity index (χ0v) is 19.3. The first-order chi connectivity index (χ1) is 14.6. The number of nitrogens with zero attached hydrogens (tertiary/aromatic N) is 2. The molecule has 0 N–H and O–H groups in total. The van der Waals surface area contributed by atoms with Crippen LogP contribution in [0.25, 0.3) is 0 Å². The molecule has 1 saturated heterocycles. The van der Waals surface area contributed by atoms with E-state index in [1.54, 1.807) is 17.0 Å². The summed E-state index contributed by atoms with van der Waals surface area (Å²) in [5.74, 6) is -2.55. The van der Waals surface area contributed by atoms with Gasteiger partial charge >= 0.3 is 23.9 Å². The van der Waals surface area contributed by atoms with E-state index in [0.717, 1.165) is 0 Å². The summed E-state index contributed by atoms with van der Waals surface area (Å²) in [5.41, 5.74) is -0.859. The Balaban J connectivity index is 2.36. The third-order valence-corrected chi connectivity index (χ3v) is 6.46. The molecular formula is C18H24N2O9S2. The Morgan fingerprint density at radius 3 is 2.06 bits per heavy atom. The molecule has 31 heavy (non-hydrogen) atoms. The normalized spacial score (nSPS) is 25.4. The van der Waals surface area contributed by atoms with E-state index in [9.17, 15) is 19.2 Å². The summed E-state index contributed by atoms with van der Waals surface area (Å²) in [7, 11) is 4.23. The molecule has 0 spiro atoms. The Bertz CT molecular complexity index is 816. The highest BCUT2D eigenvalue weighted by Crippen LogP contribution is 2.41. The second kappa shape index (κ2) is 11.4. The first-order valence-electron chi connectivity index (χ1n) is 9.19. The maximum Gasteiger partial charge on any atom is 0.303 e. The van der Waals surface area contributed by atoms with Crippen LogP contribution >= 0.6 is 21.6 Å². The van der Waals surface area contributed by atoms with Gasteiger partial charge in [-0.05, 0) is 21.6 Å². The summed E-state index contributed by atoms with van der Waals surface area (Å²) in [4.78, 5) is 50.8. The summed E-state index contributed by atoms with van der Waals surface area (Å²) < 4.78 is 28.9. The van der Waals surface area contributed by atoms with E-state index in [0.29, 0.717) is 5.16 Å². The number of hydrogen-bond acceptors (Lipinski definition) is 12. The van der Waals surface area contributed by atoms with Crippen molar-refractivity contribution in [3.05, 3.63) is 12.4 Å². The summed E-state index contributed by atoms with van der Waals surface area (Å²) in [6, 6.07) is 0. The number of aromatic nitrogens is 2. The van der Waals surface area contributed by atoms with E-state index in [2.05, 4.69) is 4.98 Å². The van der Waals surface area contributed by atoms with E-state index >= 15 is 0 Å². The van der Waals surface area contributed by atoms with Crippen molar-refractivity contribution >= 4 is 45.5 Å². The SMILES string of the molecule is CC(=O)OC[C@H]1O[C@@H](SSc2nccn2C)[C@H](OC(C)=O)[C@@H](OC(C)=O)[C@@H]1OC(C)=O. The number of carbonyl (C=O) groups is 4. The van der Waals surface area contributed by atoms with Crippen LogP contribution in [0.4, 0.5) is 0 Å². The molecule has 0 unspecified atom stereocenters. The highest BCUT2D eigenvalue weighted by atomic mass is 33.1. The number of rotatable bonds is 8. The minimum absolute atomic E-state index is 0.262. The fourth-order valence-electron chi connectivity index (χ4n) is 2.79. The molecule has 0 radical (unpaired) electrons. The van der Waals surface area contributed by atoms with E-state index in [-0.39, 0.29) is 6.61 Å². The minimum atomic E-state index is -1.18. The number of aryl methyl sites for hydroxylation is 1. The predicted molar refractivity (Wildman–Crippen MR) is 109 cm³/mol. The molecule has 2 heterocycles. The molecule has 0 amide bonds. The maximum absolute atomic E-state index is 11.8. The van der Waals surface area contributed by atoms with Crippen LogP contribution in [0.2, 0.25) is 0 Å². The van der Waals surface area contributed by atoms with Crippen LogP contribution in [0.3, 0.4) is 0 Å². The summed E-state index contributed by atoms with van der Waals surface area (Å²) in [5, 5.41) is 0.651. The molecule has 0 saturated carbocycles. The number of carbonyl (C=O) groups excluding carboxylic acids is 4.